The van der Waals surface area contributed by atoms with Crippen LogP contribution in [0.4, 0.5) is 0 Å². The Hall–Kier alpha value is -1.21. The van der Waals surface area contributed by atoms with E-state index in [1.165, 1.54) is 5.56 Å². The first-order valence-corrected chi connectivity index (χ1v) is 9.30. The van der Waals surface area contributed by atoms with E-state index in [-0.39, 0.29) is 4.90 Å². The van der Waals surface area contributed by atoms with Gasteiger partial charge in [-0.05, 0) is 66.4 Å². The topological polar surface area (TPSA) is 72.2 Å². The molecule has 2 rings (SSSR count). The minimum Gasteiger partial charge on any atom is -0.314 e. The summed E-state index contributed by atoms with van der Waals surface area (Å²) in [6.07, 6.45) is 1.88. The minimum atomic E-state index is -3.60. The number of primary sulfonamides is 1. The second kappa shape index (κ2) is 7.17. The zero-order valence-electron chi connectivity index (χ0n) is 12.0. The van der Waals surface area contributed by atoms with E-state index >= 15 is 0 Å². The lowest BCUT2D eigenvalue weighted by Gasteiger charge is -2.13. The SMILES string of the molecule is C[C@@H](Cc1ccsc1)NCCc1ccc(S(N)(=O)=O)cc1. The average Bonchev–Trinajstić information content (AvgIpc) is 2.91. The second-order valence-corrected chi connectivity index (χ2v) is 7.47. The van der Waals surface area contributed by atoms with Crippen LogP contribution in [0.5, 0.6) is 0 Å². The molecular formula is C15H20N2O2S2. The number of benzene rings is 1. The van der Waals surface area contributed by atoms with Crippen LogP contribution in [0.1, 0.15) is 18.1 Å². The Labute approximate surface area is 130 Å². The molecule has 0 unspecified atom stereocenters. The normalized spacial score (nSPS) is 13.2. The maximum Gasteiger partial charge on any atom is 0.238 e. The Balaban J connectivity index is 1.78. The largest absolute Gasteiger partial charge is 0.314 e. The summed E-state index contributed by atoms with van der Waals surface area (Å²) < 4.78 is 22.3. The molecule has 1 heterocycles. The third-order valence-electron chi connectivity index (χ3n) is 3.28. The van der Waals surface area contributed by atoms with Gasteiger partial charge in [0.15, 0.2) is 0 Å². The van der Waals surface area contributed by atoms with Gasteiger partial charge in [-0.3, -0.25) is 0 Å². The Morgan fingerprint density at radius 1 is 1.19 bits per heavy atom. The summed E-state index contributed by atoms with van der Waals surface area (Å²) >= 11 is 1.72. The Bertz CT molecular complexity index is 649. The van der Waals surface area contributed by atoms with Crippen molar-refractivity contribution in [1.82, 2.24) is 5.32 Å². The van der Waals surface area contributed by atoms with Crippen LogP contribution < -0.4 is 10.5 Å². The van der Waals surface area contributed by atoms with Gasteiger partial charge in [-0.25, -0.2) is 13.6 Å². The van der Waals surface area contributed by atoms with Gasteiger partial charge in [0, 0.05) is 6.04 Å². The number of hydrogen-bond donors (Lipinski definition) is 2. The highest BCUT2D eigenvalue weighted by Crippen LogP contribution is 2.10. The Kier molecular flexibility index (Phi) is 5.52. The Morgan fingerprint density at radius 3 is 2.48 bits per heavy atom. The highest BCUT2D eigenvalue weighted by Gasteiger charge is 2.07. The number of hydrogen-bond acceptors (Lipinski definition) is 4. The maximum absolute atomic E-state index is 11.2. The molecule has 2 aromatic rings. The van der Waals surface area contributed by atoms with Gasteiger partial charge in [0.05, 0.1) is 4.90 Å². The van der Waals surface area contributed by atoms with Crippen molar-refractivity contribution in [3.63, 3.8) is 0 Å². The quantitative estimate of drug-likeness (QED) is 0.820. The zero-order chi connectivity index (χ0) is 15.3. The van der Waals surface area contributed by atoms with Gasteiger partial charge in [-0.2, -0.15) is 11.3 Å². The van der Waals surface area contributed by atoms with E-state index in [0.717, 1.165) is 24.9 Å². The zero-order valence-corrected chi connectivity index (χ0v) is 13.6. The number of thiophene rings is 1. The number of rotatable bonds is 7. The fourth-order valence-corrected chi connectivity index (χ4v) is 3.34. The van der Waals surface area contributed by atoms with E-state index in [9.17, 15) is 8.42 Å². The molecule has 0 saturated heterocycles. The monoisotopic (exact) mass is 324 g/mol. The summed E-state index contributed by atoms with van der Waals surface area (Å²) in [5.41, 5.74) is 2.45. The van der Waals surface area contributed by atoms with E-state index in [4.69, 9.17) is 5.14 Å². The predicted molar refractivity (Wildman–Crippen MR) is 87.0 cm³/mol. The van der Waals surface area contributed by atoms with Gasteiger partial charge >= 0.3 is 0 Å². The van der Waals surface area contributed by atoms with Crippen LogP contribution in [0.3, 0.4) is 0 Å². The molecule has 0 spiro atoms. The highest BCUT2D eigenvalue weighted by molar-refractivity contribution is 7.89. The third kappa shape index (κ3) is 5.24. The Morgan fingerprint density at radius 2 is 1.90 bits per heavy atom. The van der Waals surface area contributed by atoms with Crippen molar-refractivity contribution in [1.29, 1.82) is 0 Å². The molecule has 4 nitrogen and oxygen atoms in total. The molecule has 0 fully saturated rings. The standard InChI is InChI=1S/C15H20N2O2S2/c1-12(10-14-7-9-20-11-14)17-8-6-13-2-4-15(5-3-13)21(16,18)19/h2-5,7,9,11-12,17H,6,8,10H2,1H3,(H2,16,18,19)/t12-/m0/s1. The van der Waals surface area contributed by atoms with Gasteiger partial charge in [0.25, 0.3) is 0 Å². The molecule has 21 heavy (non-hydrogen) atoms. The van der Waals surface area contributed by atoms with Crippen molar-refractivity contribution in [2.24, 2.45) is 5.14 Å². The fourth-order valence-electron chi connectivity index (χ4n) is 2.14. The van der Waals surface area contributed by atoms with Gasteiger partial charge in [-0.15, -0.1) is 0 Å². The van der Waals surface area contributed by atoms with E-state index in [0.29, 0.717) is 6.04 Å². The van der Waals surface area contributed by atoms with Gasteiger partial charge in [0.1, 0.15) is 0 Å². The van der Waals surface area contributed by atoms with Crippen LogP contribution in [0.15, 0.2) is 46.0 Å². The van der Waals surface area contributed by atoms with Crippen molar-refractivity contribution >= 4 is 21.4 Å². The average molecular weight is 324 g/mol. The first-order valence-electron chi connectivity index (χ1n) is 6.81. The molecule has 1 aromatic carbocycles. The van der Waals surface area contributed by atoms with Crippen LogP contribution in [0, 0.1) is 0 Å². The molecule has 0 amide bonds. The predicted octanol–water partition coefficient (Wildman–Crippen LogP) is 2.16. The maximum atomic E-state index is 11.2. The molecule has 0 aliphatic rings. The third-order valence-corrected chi connectivity index (χ3v) is 4.94. The summed E-state index contributed by atoms with van der Waals surface area (Å²) in [5.74, 6) is 0. The molecule has 0 saturated carbocycles. The van der Waals surface area contributed by atoms with Crippen LogP contribution >= 0.6 is 11.3 Å². The molecule has 0 bridgehead atoms. The van der Waals surface area contributed by atoms with E-state index in [1.807, 2.05) is 12.1 Å². The van der Waals surface area contributed by atoms with Gasteiger partial charge < -0.3 is 5.32 Å². The van der Waals surface area contributed by atoms with Crippen molar-refractivity contribution in [3.05, 3.63) is 52.2 Å². The van der Waals surface area contributed by atoms with Crippen LogP contribution in [0.2, 0.25) is 0 Å². The number of sulfonamides is 1. The molecule has 1 aromatic heterocycles. The van der Waals surface area contributed by atoms with Crippen LogP contribution in [0.25, 0.3) is 0 Å². The van der Waals surface area contributed by atoms with E-state index < -0.39 is 10.0 Å². The van der Waals surface area contributed by atoms with Crippen molar-refractivity contribution in [2.45, 2.75) is 30.7 Å². The molecule has 1 atom stereocenters. The molecule has 0 aliphatic heterocycles. The molecule has 0 radical (unpaired) electrons. The highest BCUT2D eigenvalue weighted by atomic mass is 32.2. The summed E-state index contributed by atoms with van der Waals surface area (Å²) in [6, 6.07) is 9.30. The minimum absolute atomic E-state index is 0.157. The van der Waals surface area contributed by atoms with Crippen LogP contribution in [-0.2, 0) is 22.9 Å². The summed E-state index contributed by atoms with van der Waals surface area (Å²) in [4.78, 5) is 0.157. The molecule has 6 heteroatoms. The lowest BCUT2D eigenvalue weighted by atomic mass is 10.1. The van der Waals surface area contributed by atoms with Crippen molar-refractivity contribution in [3.8, 4) is 0 Å². The van der Waals surface area contributed by atoms with Gasteiger partial charge in [0.2, 0.25) is 10.0 Å². The van der Waals surface area contributed by atoms with Crippen molar-refractivity contribution in [2.75, 3.05) is 6.54 Å². The smallest absolute Gasteiger partial charge is 0.238 e. The molecule has 3 N–H and O–H groups in total. The molecule has 114 valence electrons. The number of nitrogens with one attached hydrogen (secondary N) is 1. The van der Waals surface area contributed by atoms with E-state index in [1.54, 1.807) is 23.5 Å². The van der Waals surface area contributed by atoms with Crippen molar-refractivity contribution < 1.29 is 8.42 Å². The first-order chi connectivity index (χ1) is 9.95. The second-order valence-electron chi connectivity index (χ2n) is 5.13. The summed E-state index contributed by atoms with van der Waals surface area (Å²) in [5, 5.41) is 12.8. The summed E-state index contributed by atoms with van der Waals surface area (Å²) in [7, 11) is -3.60. The number of nitrogens with two attached hydrogens (primary N) is 1. The van der Waals surface area contributed by atoms with Crippen LogP contribution in [-0.4, -0.2) is 21.0 Å². The lowest BCUT2D eigenvalue weighted by Crippen LogP contribution is -2.29. The lowest BCUT2D eigenvalue weighted by molar-refractivity contribution is 0.549. The molecular weight excluding hydrogens is 304 g/mol. The van der Waals surface area contributed by atoms with Gasteiger partial charge in [-0.1, -0.05) is 12.1 Å². The van der Waals surface area contributed by atoms with E-state index in [2.05, 4.69) is 29.1 Å². The summed E-state index contributed by atoms with van der Waals surface area (Å²) in [6.45, 7) is 3.03. The first kappa shape index (κ1) is 16.2. The molecule has 0 aliphatic carbocycles. The fraction of sp³-hybridized carbons (Fsp3) is 0.333.